The van der Waals surface area contributed by atoms with Crippen LogP contribution in [0.4, 0.5) is 0 Å². The van der Waals surface area contributed by atoms with Crippen LogP contribution in [-0.4, -0.2) is 18.5 Å². The highest BCUT2D eigenvalue weighted by molar-refractivity contribution is 9.10. The molecule has 1 heterocycles. The van der Waals surface area contributed by atoms with E-state index in [0.29, 0.717) is 12.4 Å². The summed E-state index contributed by atoms with van der Waals surface area (Å²) in [5, 5.41) is 0. The average Bonchev–Trinajstić information content (AvgIpc) is 2.94. The van der Waals surface area contributed by atoms with Crippen molar-refractivity contribution in [1.29, 1.82) is 0 Å². The SMILES string of the molecule is C=CCOc1cccc(/C=C2\N=C(c3ccccc3Br)OC2=O)c1. The van der Waals surface area contributed by atoms with Gasteiger partial charge in [0.25, 0.3) is 0 Å². The van der Waals surface area contributed by atoms with E-state index in [9.17, 15) is 4.79 Å². The van der Waals surface area contributed by atoms with E-state index < -0.39 is 5.97 Å². The first-order chi connectivity index (χ1) is 11.7. The van der Waals surface area contributed by atoms with Crippen LogP contribution < -0.4 is 4.74 Å². The molecule has 0 saturated heterocycles. The van der Waals surface area contributed by atoms with Crippen LogP contribution in [0.15, 0.2) is 76.3 Å². The predicted octanol–water partition coefficient (Wildman–Crippen LogP) is 4.36. The van der Waals surface area contributed by atoms with E-state index >= 15 is 0 Å². The summed E-state index contributed by atoms with van der Waals surface area (Å²) in [5.74, 6) is 0.515. The number of nitrogens with zero attached hydrogens (tertiary/aromatic N) is 1. The van der Waals surface area contributed by atoms with Gasteiger partial charge in [-0.05, 0) is 51.8 Å². The summed E-state index contributed by atoms with van der Waals surface area (Å²) in [5.41, 5.74) is 1.79. The van der Waals surface area contributed by atoms with E-state index in [1.54, 1.807) is 12.2 Å². The Morgan fingerprint density at radius 1 is 1.21 bits per heavy atom. The molecule has 0 radical (unpaired) electrons. The Hall–Kier alpha value is -2.66. The molecule has 4 nitrogen and oxygen atoms in total. The monoisotopic (exact) mass is 383 g/mol. The summed E-state index contributed by atoms with van der Waals surface area (Å²) in [6, 6.07) is 14.8. The standard InChI is InChI=1S/C19H14BrNO3/c1-2-10-23-14-7-5-6-13(11-14)12-17-19(22)24-18(21-17)15-8-3-4-9-16(15)20/h2-9,11-12H,1,10H2/b17-12-. The third-order valence-corrected chi connectivity index (χ3v) is 3.95. The molecule has 0 amide bonds. The van der Waals surface area contributed by atoms with Crippen LogP contribution in [0, 0.1) is 0 Å². The molecule has 120 valence electrons. The maximum Gasteiger partial charge on any atom is 0.363 e. The molecule has 0 atom stereocenters. The van der Waals surface area contributed by atoms with Gasteiger partial charge in [0, 0.05) is 4.47 Å². The third-order valence-electron chi connectivity index (χ3n) is 3.25. The van der Waals surface area contributed by atoms with Crippen LogP contribution in [0.5, 0.6) is 5.75 Å². The highest BCUT2D eigenvalue weighted by atomic mass is 79.9. The van der Waals surface area contributed by atoms with Crippen molar-refractivity contribution < 1.29 is 14.3 Å². The molecule has 0 bridgehead atoms. The highest BCUT2D eigenvalue weighted by Gasteiger charge is 2.25. The maximum absolute atomic E-state index is 12.1. The molecular weight excluding hydrogens is 370 g/mol. The van der Waals surface area contributed by atoms with Crippen molar-refractivity contribution in [3.05, 3.63) is 82.5 Å². The fourth-order valence-electron chi connectivity index (χ4n) is 2.17. The van der Waals surface area contributed by atoms with Crippen LogP contribution in [0.25, 0.3) is 6.08 Å². The second-order valence-electron chi connectivity index (χ2n) is 4.99. The zero-order chi connectivity index (χ0) is 16.9. The van der Waals surface area contributed by atoms with Gasteiger partial charge in [-0.3, -0.25) is 0 Å². The quantitative estimate of drug-likeness (QED) is 0.437. The van der Waals surface area contributed by atoms with Gasteiger partial charge in [-0.15, -0.1) is 0 Å². The van der Waals surface area contributed by atoms with E-state index in [1.165, 1.54) is 0 Å². The van der Waals surface area contributed by atoms with Gasteiger partial charge in [-0.2, -0.15) is 0 Å². The normalized spacial score (nSPS) is 15.1. The number of aliphatic imine (C=N–C) groups is 1. The molecule has 0 spiro atoms. The van der Waals surface area contributed by atoms with Crippen molar-refractivity contribution in [2.45, 2.75) is 0 Å². The van der Waals surface area contributed by atoms with E-state index in [-0.39, 0.29) is 11.6 Å². The Morgan fingerprint density at radius 2 is 2.04 bits per heavy atom. The van der Waals surface area contributed by atoms with Gasteiger partial charge in [0.05, 0.1) is 5.56 Å². The minimum absolute atomic E-state index is 0.252. The number of rotatable bonds is 5. The first-order valence-corrected chi connectivity index (χ1v) is 8.08. The third kappa shape index (κ3) is 3.63. The van der Waals surface area contributed by atoms with E-state index in [4.69, 9.17) is 9.47 Å². The molecule has 0 saturated carbocycles. The topological polar surface area (TPSA) is 47.9 Å². The summed E-state index contributed by atoms with van der Waals surface area (Å²) in [6.07, 6.45) is 3.35. The minimum Gasteiger partial charge on any atom is -0.490 e. The molecule has 24 heavy (non-hydrogen) atoms. The van der Waals surface area contributed by atoms with Crippen molar-refractivity contribution in [1.82, 2.24) is 0 Å². The number of esters is 1. The van der Waals surface area contributed by atoms with Gasteiger partial charge in [0.15, 0.2) is 5.70 Å². The van der Waals surface area contributed by atoms with Gasteiger partial charge in [0.1, 0.15) is 12.4 Å². The summed E-state index contributed by atoms with van der Waals surface area (Å²) >= 11 is 3.43. The zero-order valence-electron chi connectivity index (χ0n) is 12.7. The van der Waals surface area contributed by atoms with Gasteiger partial charge in [-0.1, -0.05) is 36.9 Å². The van der Waals surface area contributed by atoms with E-state index in [1.807, 2.05) is 48.5 Å². The Bertz CT molecular complexity index is 855. The molecule has 0 aromatic heterocycles. The minimum atomic E-state index is -0.474. The average molecular weight is 384 g/mol. The number of halogens is 1. The van der Waals surface area contributed by atoms with E-state index in [0.717, 1.165) is 15.6 Å². The lowest BCUT2D eigenvalue weighted by molar-refractivity contribution is -0.129. The Kier molecular flexibility index (Phi) is 4.91. The number of hydrogen-bond acceptors (Lipinski definition) is 4. The molecule has 2 aromatic rings. The molecule has 2 aromatic carbocycles. The van der Waals surface area contributed by atoms with E-state index in [2.05, 4.69) is 27.5 Å². The lowest BCUT2D eigenvalue weighted by Gasteiger charge is -2.03. The van der Waals surface area contributed by atoms with Gasteiger partial charge >= 0.3 is 5.97 Å². The Labute approximate surface area is 148 Å². The number of hydrogen-bond donors (Lipinski definition) is 0. The summed E-state index contributed by atoms with van der Waals surface area (Å²) in [6.45, 7) is 4.04. The second-order valence-corrected chi connectivity index (χ2v) is 5.84. The lowest BCUT2D eigenvalue weighted by Crippen LogP contribution is -2.05. The largest absolute Gasteiger partial charge is 0.490 e. The molecular formula is C19H14BrNO3. The fraction of sp³-hybridized carbons (Fsp3) is 0.0526. The van der Waals surface area contributed by atoms with Crippen molar-refractivity contribution in [3.8, 4) is 5.75 Å². The van der Waals surface area contributed by atoms with Crippen LogP contribution in [0.1, 0.15) is 11.1 Å². The molecule has 5 heteroatoms. The zero-order valence-corrected chi connectivity index (χ0v) is 14.3. The number of cyclic esters (lactones) is 1. The van der Waals surface area contributed by atoms with Crippen molar-refractivity contribution in [2.75, 3.05) is 6.61 Å². The van der Waals surface area contributed by atoms with Crippen LogP contribution in [0.2, 0.25) is 0 Å². The molecule has 1 aliphatic heterocycles. The first kappa shape index (κ1) is 16.2. The Morgan fingerprint density at radius 3 is 2.83 bits per heavy atom. The summed E-state index contributed by atoms with van der Waals surface area (Å²) in [7, 11) is 0. The highest BCUT2D eigenvalue weighted by Crippen LogP contribution is 2.24. The number of carbonyl (C=O) groups is 1. The summed E-state index contributed by atoms with van der Waals surface area (Å²) < 4.78 is 11.6. The van der Waals surface area contributed by atoms with Crippen LogP contribution in [-0.2, 0) is 9.53 Å². The first-order valence-electron chi connectivity index (χ1n) is 7.28. The predicted molar refractivity (Wildman–Crippen MR) is 96.9 cm³/mol. The number of carbonyl (C=O) groups excluding carboxylic acids is 1. The fourth-order valence-corrected chi connectivity index (χ4v) is 2.62. The molecule has 0 unspecified atom stereocenters. The van der Waals surface area contributed by atoms with Crippen molar-refractivity contribution in [3.63, 3.8) is 0 Å². The Balaban J connectivity index is 1.89. The molecule has 1 aliphatic rings. The number of ether oxygens (including phenoxy) is 2. The maximum atomic E-state index is 12.1. The number of benzene rings is 2. The van der Waals surface area contributed by atoms with Gasteiger partial charge in [0.2, 0.25) is 5.90 Å². The van der Waals surface area contributed by atoms with Gasteiger partial charge < -0.3 is 9.47 Å². The molecule has 3 rings (SSSR count). The molecule has 0 N–H and O–H groups in total. The van der Waals surface area contributed by atoms with Crippen LogP contribution >= 0.6 is 15.9 Å². The van der Waals surface area contributed by atoms with Crippen molar-refractivity contribution >= 4 is 33.9 Å². The smallest absolute Gasteiger partial charge is 0.363 e. The van der Waals surface area contributed by atoms with Crippen LogP contribution in [0.3, 0.4) is 0 Å². The second kappa shape index (κ2) is 7.27. The van der Waals surface area contributed by atoms with Gasteiger partial charge in [-0.25, -0.2) is 9.79 Å². The lowest BCUT2D eigenvalue weighted by atomic mass is 10.2. The molecule has 0 fully saturated rings. The van der Waals surface area contributed by atoms with Crippen molar-refractivity contribution in [2.24, 2.45) is 4.99 Å². The summed E-state index contributed by atoms with van der Waals surface area (Å²) in [4.78, 5) is 16.4. The molecule has 0 aliphatic carbocycles.